The summed E-state index contributed by atoms with van der Waals surface area (Å²) in [5, 5.41) is 22.1. The third-order valence-corrected chi connectivity index (χ3v) is 4.89. The molecule has 0 fully saturated rings. The second-order valence-corrected chi connectivity index (χ2v) is 6.99. The molecule has 27 heavy (non-hydrogen) atoms. The van der Waals surface area contributed by atoms with Crippen LogP contribution in [0.1, 0.15) is 34.1 Å². The SMILES string of the molecule is CN=C(NCc1cc(C)cc2c(C)c(C)[nH]c12)NCC(O)c1cnn(C)c1. The van der Waals surface area contributed by atoms with Gasteiger partial charge in [0.15, 0.2) is 5.96 Å². The van der Waals surface area contributed by atoms with Gasteiger partial charge in [-0.05, 0) is 38.0 Å². The Morgan fingerprint density at radius 1 is 1.30 bits per heavy atom. The van der Waals surface area contributed by atoms with Crippen LogP contribution < -0.4 is 10.6 Å². The normalized spacial score (nSPS) is 13.2. The molecule has 3 rings (SSSR count). The van der Waals surface area contributed by atoms with Crippen molar-refractivity contribution in [2.75, 3.05) is 13.6 Å². The summed E-state index contributed by atoms with van der Waals surface area (Å²) in [7, 11) is 3.55. The first-order valence-electron chi connectivity index (χ1n) is 9.08. The first kappa shape index (κ1) is 19.0. The first-order chi connectivity index (χ1) is 12.9. The summed E-state index contributed by atoms with van der Waals surface area (Å²) in [6, 6.07) is 4.40. The molecule has 0 radical (unpaired) electrons. The van der Waals surface area contributed by atoms with Gasteiger partial charge in [-0.25, -0.2) is 0 Å². The molecule has 7 heteroatoms. The van der Waals surface area contributed by atoms with Crippen LogP contribution in [0.4, 0.5) is 0 Å². The number of H-pyrrole nitrogens is 1. The van der Waals surface area contributed by atoms with Gasteiger partial charge in [-0.2, -0.15) is 5.10 Å². The molecule has 1 unspecified atom stereocenters. The van der Waals surface area contributed by atoms with Gasteiger partial charge >= 0.3 is 0 Å². The zero-order valence-electron chi connectivity index (χ0n) is 16.6. The van der Waals surface area contributed by atoms with Crippen molar-refractivity contribution in [3.05, 3.63) is 52.5 Å². The van der Waals surface area contributed by atoms with E-state index in [4.69, 9.17) is 0 Å². The number of benzene rings is 1. The number of hydrogen-bond donors (Lipinski definition) is 4. The van der Waals surface area contributed by atoms with Gasteiger partial charge in [-0.15, -0.1) is 0 Å². The van der Waals surface area contributed by atoms with Crippen LogP contribution in [-0.4, -0.2) is 39.4 Å². The van der Waals surface area contributed by atoms with Gasteiger partial charge in [-0.3, -0.25) is 9.67 Å². The Hall–Kier alpha value is -2.80. The third kappa shape index (κ3) is 4.14. The number of fused-ring (bicyclic) bond motifs is 1. The lowest BCUT2D eigenvalue weighted by Gasteiger charge is -2.15. The monoisotopic (exact) mass is 368 g/mol. The van der Waals surface area contributed by atoms with E-state index in [1.807, 2.05) is 13.2 Å². The number of aromatic nitrogens is 3. The topological polar surface area (TPSA) is 90.3 Å². The first-order valence-corrected chi connectivity index (χ1v) is 9.08. The molecule has 2 aromatic heterocycles. The minimum atomic E-state index is -0.642. The molecular weight excluding hydrogens is 340 g/mol. The fraction of sp³-hybridized carbons (Fsp3) is 0.400. The minimum absolute atomic E-state index is 0.356. The van der Waals surface area contributed by atoms with Crippen LogP contribution in [0.2, 0.25) is 0 Å². The Bertz CT molecular complexity index is 968. The number of rotatable bonds is 5. The molecule has 0 bridgehead atoms. The van der Waals surface area contributed by atoms with Crippen LogP contribution in [-0.2, 0) is 13.6 Å². The number of nitrogens with one attached hydrogen (secondary N) is 3. The molecule has 0 spiro atoms. The summed E-state index contributed by atoms with van der Waals surface area (Å²) in [5.41, 5.74) is 6.84. The summed E-state index contributed by atoms with van der Waals surface area (Å²) in [5.74, 6) is 0.646. The van der Waals surface area contributed by atoms with Crippen molar-refractivity contribution < 1.29 is 5.11 Å². The van der Waals surface area contributed by atoms with E-state index < -0.39 is 6.10 Å². The number of hydrogen-bond acceptors (Lipinski definition) is 3. The summed E-state index contributed by atoms with van der Waals surface area (Å²) < 4.78 is 1.68. The van der Waals surface area contributed by atoms with Crippen molar-refractivity contribution in [3.63, 3.8) is 0 Å². The number of guanidine groups is 1. The van der Waals surface area contributed by atoms with E-state index >= 15 is 0 Å². The van der Waals surface area contributed by atoms with Crippen molar-refractivity contribution in [2.24, 2.45) is 12.0 Å². The Balaban J connectivity index is 1.66. The van der Waals surface area contributed by atoms with E-state index in [0.29, 0.717) is 19.0 Å². The molecule has 0 saturated carbocycles. The third-order valence-electron chi connectivity index (χ3n) is 4.89. The zero-order chi connectivity index (χ0) is 19.6. The minimum Gasteiger partial charge on any atom is -0.386 e. The molecular formula is C20H28N6O. The lowest BCUT2D eigenvalue weighted by molar-refractivity contribution is 0.180. The predicted molar refractivity (Wildman–Crippen MR) is 109 cm³/mol. The summed E-state index contributed by atoms with van der Waals surface area (Å²) in [4.78, 5) is 7.74. The van der Waals surface area contributed by atoms with Gasteiger partial charge in [0, 0.05) is 50.0 Å². The van der Waals surface area contributed by atoms with Gasteiger partial charge in [0.2, 0.25) is 0 Å². The number of aromatic amines is 1. The van der Waals surface area contributed by atoms with Gasteiger partial charge in [0.25, 0.3) is 0 Å². The van der Waals surface area contributed by atoms with E-state index in [-0.39, 0.29) is 0 Å². The zero-order valence-corrected chi connectivity index (χ0v) is 16.6. The van der Waals surface area contributed by atoms with E-state index in [9.17, 15) is 5.11 Å². The van der Waals surface area contributed by atoms with Gasteiger partial charge < -0.3 is 20.7 Å². The summed E-state index contributed by atoms with van der Waals surface area (Å²) in [6.45, 7) is 7.35. The molecule has 0 amide bonds. The number of aliphatic imine (C=N–C) groups is 1. The molecule has 1 aromatic carbocycles. The molecule has 0 saturated heterocycles. The molecule has 0 aliphatic heterocycles. The molecule has 1 atom stereocenters. The van der Waals surface area contributed by atoms with Crippen molar-refractivity contribution in [1.29, 1.82) is 0 Å². The number of aliphatic hydroxyl groups is 1. The van der Waals surface area contributed by atoms with Gasteiger partial charge in [-0.1, -0.05) is 11.6 Å². The van der Waals surface area contributed by atoms with Crippen LogP contribution in [0.5, 0.6) is 0 Å². The number of aryl methyl sites for hydroxylation is 4. The van der Waals surface area contributed by atoms with E-state index in [1.54, 1.807) is 17.9 Å². The summed E-state index contributed by atoms with van der Waals surface area (Å²) in [6.07, 6.45) is 2.83. The maximum absolute atomic E-state index is 10.3. The predicted octanol–water partition coefficient (Wildman–Crippen LogP) is 2.23. The highest BCUT2D eigenvalue weighted by atomic mass is 16.3. The average molecular weight is 368 g/mol. The highest BCUT2D eigenvalue weighted by Crippen LogP contribution is 2.26. The fourth-order valence-electron chi connectivity index (χ4n) is 3.25. The van der Waals surface area contributed by atoms with Crippen LogP contribution in [0.3, 0.4) is 0 Å². The van der Waals surface area contributed by atoms with E-state index in [1.165, 1.54) is 27.8 Å². The fourth-order valence-corrected chi connectivity index (χ4v) is 3.25. The summed E-state index contributed by atoms with van der Waals surface area (Å²) >= 11 is 0. The van der Waals surface area contributed by atoms with Crippen LogP contribution >= 0.6 is 0 Å². The molecule has 0 aliphatic carbocycles. The Morgan fingerprint density at radius 2 is 2.07 bits per heavy atom. The number of aliphatic hydroxyl groups excluding tert-OH is 1. The average Bonchev–Trinajstić information content (AvgIpc) is 3.19. The Morgan fingerprint density at radius 3 is 2.74 bits per heavy atom. The maximum Gasteiger partial charge on any atom is 0.191 e. The quantitative estimate of drug-likeness (QED) is 0.411. The van der Waals surface area contributed by atoms with E-state index in [0.717, 1.165) is 11.1 Å². The highest BCUT2D eigenvalue weighted by Gasteiger charge is 2.12. The van der Waals surface area contributed by atoms with Crippen LogP contribution in [0.15, 0.2) is 29.5 Å². The van der Waals surface area contributed by atoms with Crippen molar-refractivity contribution in [3.8, 4) is 0 Å². The molecule has 0 aliphatic rings. The molecule has 2 heterocycles. The van der Waals surface area contributed by atoms with E-state index in [2.05, 4.69) is 58.6 Å². The smallest absolute Gasteiger partial charge is 0.191 e. The Labute approximate surface area is 159 Å². The maximum atomic E-state index is 10.3. The van der Waals surface area contributed by atoms with Crippen LogP contribution in [0.25, 0.3) is 10.9 Å². The Kier molecular flexibility index (Phi) is 5.51. The van der Waals surface area contributed by atoms with Crippen molar-refractivity contribution in [1.82, 2.24) is 25.4 Å². The molecule has 3 aromatic rings. The second-order valence-electron chi connectivity index (χ2n) is 6.99. The molecule has 7 nitrogen and oxygen atoms in total. The van der Waals surface area contributed by atoms with Gasteiger partial charge in [0.05, 0.1) is 17.8 Å². The second kappa shape index (κ2) is 7.84. The highest BCUT2D eigenvalue weighted by molar-refractivity contribution is 5.88. The molecule has 144 valence electrons. The van der Waals surface area contributed by atoms with Gasteiger partial charge in [0.1, 0.15) is 0 Å². The molecule has 4 N–H and O–H groups in total. The largest absolute Gasteiger partial charge is 0.386 e. The lowest BCUT2D eigenvalue weighted by Crippen LogP contribution is -2.39. The lowest BCUT2D eigenvalue weighted by atomic mass is 10.0. The van der Waals surface area contributed by atoms with Crippen molar-refractivity contribution in [2.45, 2.75) is 33.4 Å². The standard InChI is InChI=1S/C20H28N6O/c1-12-6-15(19-17(7-12)13(2)14(3)25-19)8-22-20(21-4)23-10-18(27)16-9-24-26(5)11-16/h6-7,9,11,18,25,27H,8,10H2,1-5H3,(H2,21,22,23). The van der Waals surface area contributed by atoms with Crippen LogP contribution in [0, 0.1) is 20.8 Å². The van der Waals surface area contributed by atoms with Crippen molar-refractivity contribution >= 4 is 16.9 Å². The number of nitrogens with zero attached hydrogens (tertiary/aromatic N) is 3.